The molecule has 0 aliphatic rings. The number of hydrogen-bond acceptors (Lipinski definition) is 2. The first-order chi connectivity index (χ1) is 7.15. The van der Waals surface area contributed by atoms with Gasteiger partial charge in [0.1, 0.15) is 5.82 Å². The third-order valence-corrected chi connectivity index (χ3v) is 2.38. The van der Waals surface area contributed by atoms with Crippen molar-refractivity contribution in [2.45, 2.75) is 27.3 Å². The Balaban J connectivity index is 2.25. The molecule has 0 spiro atoms. The summed E-state index contributed by atoms with van der Waals surface area (Å²) in [6.45, 7) is 6.94. The van der Waals surface area contributed by atoms with Crippen LogP contribution >= 0.6 is 0 Å². The molecule has 0 radical (unpaired) electrons. The highest BCUT2D eigenvalue weighted by atomic mass is 15.1. The summed E-state index contributed by atoms with van der Waals surface area (Å²) < 4.78 is 2.14. The van der Waals surface area contributed by atoms with Gasteiger partial charge in [0.15, 0.2) is 0 Å². The minimum atomic E-state index is 0.849. The molecule has 0 aliphatic heterocycles. The molecule has 3 heteroatoms. The zero-order chi connectivity index (χ0) is 10.8. The maximum atomic E-state index is 4.37. The molecule has 0 saturated carbocycles. The first-order valence-electron chi connectivity index (χ1n) is 5.06. The summed E-state index contributed by atoms with van der Waals surface area (Å²) in [6.07, 6.45) is 5.84. The van der Waals surface area contributed by atoms with E-state index in [0.717, 1.165) is 18.1 Å². The Kier molecular flexibility index (Phi) is 2.54. The van der Waals surface area contributed by atoms with Crippen LogP contribution in [0.3, 0.4) is 0 Å². The lowest BCUT2D eigenvalue weighted by Gasteiger charge is -2.05. The molecular formula is C12H15N3. The van der Waals surface area contributed by atoms with Crippen molar-refractivity contribution in [1.82, 2.24) is 14.5 Å². The first kappa shape index (κ1) is 9.90. The van der Waals surface area contributed by atoms with E-state index in [2.05, 4.69) is 33.7 Å². The number of aromatic nitrogens is 3. The van der Waals surface area contributed by atoms with Gasteiger partial charge in [-0.3, -0.25) is 4.98 Å². The predicted molar refractivity (Wildman–Crippen MR) is 59.8 cm³/mol. The van der Waals surface area contributed by atoms with Crippen molar-refractivity contribution in [3.63, 3.8) is 0 Å². The lowest BCUT2D eigenvalue weighted by molar-refractivity contribution is 0.757. The van der Waals surface area contributed by atoms with E-state index in [4.69, 9.17) is 0 Å². The predicted octanol–water partition coefficient (Wildman–Crippen LogP) is 2.25. The van der Waals surface area contributed by atoms with E-state index in [1.807, 2.05) is 26.2 Å². The van der Waals surface area contributed by atoms with Gasteiger partial charge in [0, 0.05) is 18.6 Å². The zero-order valence-corrected chi connectivity index (χ0v) is 9.36. The normalized spacial score (nSPS) is 10.6. The van der Waals surface area contributed by atoms with Gasteiger partial charge in [0.25, 0.3) is 0 Å². The molecule has 0 aliphatic carbocycles. The molecule has 2 aromatic rings. The lowest BCUT2D eigenvalue weighted by Crippen LogP contribution is -2.01. The molecule has 0 atom stereocenters. The molecule has 15 heavy (non-hydrogen) atoms. The topological polar surface area (TPSA) is 30.7 Å². The third-order valence-electron chi connectivity index (χ3n) is 2.38. The third kappa shape index (κ3) is 2.24. The smallest absolute Gasteiger partial charge is 0.106 e. The van der Waals surface area contributed by atoms with Crippen molar-refractivity contribution >= 4 is 0 Å². The van der Waals surface area contributed by atoms with Gasteiger partial charge in [-0.1, -0.05) is 6.07 Å². The van der Waals surface area contributed by atoms with Crippen molar-refractivity contribution in [1.29, 1.82) is 0 Å². The molecule has 3 nitrogen and oxygen atoms in total. The average Bonchev–Trinajstić information content (AvgIpc) is 2.45. The molecule has 0 unspecified atom stereocenters. The van der Waals surface area contributed by atoms with Crippen LogP contribution in [0.25, 0.3) is 0 Å². The number of rotatable bonds is 2. The van der Waals surface area contributed by atoms with Gasteiger partial charge in [-0.15, -0.1) is 0 Å². The highest BCUT2D eigenvalue weighted by Crippen LogP contribution is 2.07. The van der Waals surface area contributed by atoms with Crippen LogP contribution in [-0.2, 0) is 6.54 Å². The number of aryl methyl sites for hydroxylation is 3. The summed E-state index contributed by atoms with van der Waals surface area (Å²) in [4.78, 5) is 8.56. The molecule has 0 bridgehead atoms. The first-order valence-corrected chi connectivity index (χ1v) is 5.06. The fourth-order valence-electron chi connectivity index (χ4n) is 1.73. The minimum absolute atomic E-state index is 0.849. The Bertz CT molecular complexity index is 471. The van der Waals surface area contributed by atoms with Crippen molar-refractivity contribution < 1.29 is 0 Å². The molecule has 0 aromatic carbocycles. The van der Waals surface area contributed by atoms with Crippen LogP contribution in [0.5, 0.6) is 0 Å². The van der Waals surface area contributed by atoms with E-state index in [1.165, 1.54) is 11.1 Å². The van der Waals surface area contributed by atoms with Crippen molar-refractivity contribution in [2.75, 3.05) is 0 Å². The molecule has 2 heterocycles. The summed E-state index contributed by atoms with van der Waals surface area (Å²) in [5.41, 5.74) is 3.48. The van der Waals surface area contributed by atoms with Gasteiger partial charge in [-0.2, -0.15) is 0 Å². The van der Waals surface area contributed by atoms with E-state index in [9.17, 15) is 0 Å². The number of imidazole rings is 1. The molecule has 2 rings (SSSR count). The van der Waals surface area contributed by atoms with Gasteiger partial charge in [-0.25, -0.2) is 4.98 Å². The van der Waals surface area contributed by atoms with Gasteiger partial charge < -0.3 is 4.57 Å². The van der Waals surface area contributed by atoms with Gasteiger partial charge in [0.2, 0.25) is 0 Å². The second-order valence-corrected chi connectivity index (χ2v) is 3.93. The fourth-order valence-corrected chi connectivity index (χ4v) is 1.73. The second-order valence-electron chi connectivity index (χ2n) is 3.93. The maximum absolute atomic E-state index is 4.37. The average molecular weight is 201 g/mol. The van der Waals surface area contributed by atoms with E-state index in [0.29, 0.717) is 0 Å². The minimum Gasteiger partial charge on any atom is -0.330 e. The Morgan fingerprint density at radius 2 is 2.00 bits per heavy atom. The SMILES string of the molecule is Cc1cncc(Cn2cc(C)nc2C)c1. The molecule has 0 saturated heterocycles. The number of pyridine rings is 1. The fraction of sp³-hybridized carbons (Fsp3) is 0.333. The second kappa shape index (κ2) is 3.85. The van der Waals surface area contributed by atoms with Crippen LogP contribution in [0.15, 0.2) is 24.7 Å². The lowest BCUT2D eigenvalue weighted by atomic mass is 10.2. The molecule has 2 aromatic heterocycles. The Labute approximate surface area is 89.8 Å². The Morgan fingerprint density at radius 3 is 2.60 bits per heavy atom. The molecular weight excluding hydrogens is 186 g/mol. The van der Waals surface area contributed by atoms with E-state index in [1.54, 1.807) is 0 Å². The van der Waals surface area contributed by atoms with Crippen LogP contribution in [0.2, 0.25) is 0 Å². The maximum Gasteiger partial charge on any atom is 0.106 e. The molecule has 78 valence electrons. The molecule has 0 fully saturated rings. The highest BCUT2D eigenvalue weighted by Gasteiger charge is 2.01. The van der Waals surface area contributed by atoms with E-state index >= 15 is 0 Å². The quantitative estimate of drug-likeness (QED) is 0.746. The van der Waals surface area contributed by atoms with Crippen LogP contribution < -0.4 is 0 Å². The van der Waals surface area contributed by atoms with Crippen molar-refractivity contribution in [3.05, 3.63) is 47.3 Å². The van der Waals surface area contributed by atoms with Crippen LogP contribution in [0, 0.1) is 20.8 Å². The van der Waals surface area contributed by atoms with Gasteiger partial charge in [0.05, 0.1) is 12.2 Å². The standard InChI is InChI=1S/C12H15N3/c1-9-4-12(6-13-5-9)8-15-7-10(2)14-11(15)3/h4-7H,8H2,1-3H3. The highest BCUT2D eigenvalue weighted by molar-refractivity contribution is 5.17. The monoisotopic (exact) mass is 201 g/mol. The van der Waals surface area contributed by atoms with E-state index < -0.39 is 0 Å². The molecule has 0 amide bonds. The van der Waals surface area contributed by atoms with Gasteiger partial charge in [-0.05, 0) is 31.9 Å². The van der Waals surface area contributed by atoms with Gasteiger partial charge >= 0.3 is 0 Å². The summed E-state index contributed by atoms with van der Waals surface area (Å²) >= 11 is 0. The Morgan fingerprint density at radius 1 is 1.20 bits per heavy atom. The Hall–Kier alpha value is -1.64. The zero-order valence-electron chi connectivity index (χ0n) is 9.36. The summed E-state index contributed by atoms with van der Waals surface area (Å²) in [5, 5.41) is 0. The summed E-state index contributed by atoms with van der Waals surface area (Å²) in [6, 6.07) is 2.15. The van der Waals surface area contributed by atoms with Crippen LogP contribution in [0.1, 0.15) is 22.6 Å². The summed E-state index contributed by atoms with van der Waals surface area (Å²) in [7, 11) is 0. The van der Waals surface area contributed by atoms with Crippen molar-refractivity contribution in [3.8, 4) is 0 Å². The largest absolute Gasteiger partial charge is 0.330 e. The molecule has 0 N–H and O–H groups in total. The number of hydrogen-bond donors (Lipinski definition) is 0. The van der Waals surface area contributed by atoms with Crippen LogP contribution in [0.4, 0.5) is 0 Å². The van der Waals surface area contributed by atoms with Crippen LogP contribution in [-0.4, -0.2) is 14.5 Å². The van der Waals surface area contributed by atoms with E-state index in [-0.39, 0.29) is 0 Å². The van der Waals surface area contributed by atoms with Crippen molar-refractivity contribution in [2.24, 2.45) is 0 Å². The summed E-state index contributed by atoms with van der Waals surface area (Å²) in [5.74, 6) is 1.05. The number of nitrogens with zero attached hydrogens (tertiary/aromatic N) is 3.